The minimum Gasteiger partial charge on any atom is -0.424 e. The number of hydrogen-bond acceptors (Lipinski definition) is 7. The minimum absolute atomic E-state index is 0.0547. The van der Waals surface area contributed by atoms with Crippen LogP contribution in [0.4, 0.5) is 18.9 Å². The molecule has 6 rings (SSSR count). The van der Waals surface area contributed by atoms with Gasteiger partial charge in [0.1, 0.15) is 17.2 Å². The highest BCUT2D eigenvalue weighted by Crippen LogP contribution is 2.75. The van der Waals surface area contributed by atoms with Gasteiger partial charge in [0.2, 0.25) is 11.8 Å². The van der Waals surface area contributed by atoms with Crippen LogP contribution < -0.4 is 4.90 Å². The Morgan fingerprint density at radius 2 is 1.94 bits per heavy atom. The van der Waals surface area contributed by atoms with Gasteiger partial charge in [-0.2, -0.15) is 23.5 Å². The number of fused-ring (bicyclic) bond motifs is 2. The molecule has 5 heterocycles. The number of pyridine rings is 1. The molecular weight excluding hydrogens is 435 g/mol. The summed E-state index contributed by atoms with van der Waals surface area (Å²) in [5, 5.41) is 21.8. The van der Waals surface area contributed by atoms with Gasteiger partial charge in [0.15, 0.2) is 0 Å². The summed E-state index contributed by atoms with van der Waals surface area (Å²) in [4.78, 5) is 3.93. The van der Waals surface area contributed by atoms with Gasteiger partial charge in [0.25, 0.3) is 0 Å². The average Bonchev–Trinajstić information content (AvgIpc) is 3.26. The first kappa shape index (κ1) is 20.5. The van der Waals surface area contributed by atoms with E-state index in [0.717, 1.165) is 25.9 Å². The lowest BCUT2D eigenvalue weighted by Crippen LogP contribution is -2.34. The molecule has 3 aromatic rings. The maximum Gasteiger partial charge on any atom is 0.397 e. The lowest BCUT2D eigenvalue weighted by Gasteiger charge is -2.26. The number of alkyl halides is 3. The number of piperidine rings is 2. The maximum absolute atomic E-state index is 14.4. The van der Waals surface area contributed by atoms with Crippen molar-refractivity contribution in [2.75, 3.05) is 38.1 Å². The summed E-state index contributed by atoms with van der Waals surface area (Å²) in [7, 11) is 2.05. The average molecular weight is 457 g/mol. The number of halogens is 3. The maximum atomic E-state index is 14.4. The van der Waals surface area contributed by atoms with Crippen LogP contribution in [0, 0.1) is 16.7 Å². The summed E-state index contributed by atoms with van der Waals surface area (Å²) >= 11 is 0. The molecule has 0 bridgehead atoms. The smallest absolute Gasteiger partial charge is 0.397 e. The Morgan fingerprint density at radius 3 is 2.67 bits per heavy atom. The fourth-order valence-corrected chi connectivity index (χ4v) is 5.78. The van der Waals surface area contributed by atoms with E-state index in [1.54, 1.807) is 23.1 Å². The Labute approximate surface area is 187 Å². The van der Waals surface area contributed by atoms with Gasteiger partial charge in [-0.1, -0.05) is 0 Å². The third-order valence-electron chi connectivity index (χ3n) is 7.76. The molecule has 0 spiro atoms. The van der Waals surface area contributed by atoms with Gasteiger partial charge in [-0.3, -0.25) is 0 Å². The minimum atomic E-state index is -4.41. The van der Waals surface area contributed by atoms with Crippen molar-refractivity contribution in [2.24, 2.45) is 5.41 Å². The Morgan fingerprint density at radius 1 is 1.15 bits per heavy atom. The molecule has 0 unspecified atom stereocenters. The van der Waals surface area contributed by atoms with Gasteiger partial charge >= 0.3 is 6.18 Å². The molecule has 0 radical (unpaired) electrons. The van der Waals surface area contributed by atoms with Crippen molar-refractivity contribution in [3.63, 3.8) is 0 Å². The van der Waals surface area contributed by atoms with Crippen molar-refractivity contribution in [1.82, 2.24) is 24.7 Å². The van der Waals surface area contributed by atoms with Crippen LogP contribution in [0.1, 0.15) is 42.7 Å². The van der Waals surface area contributed by atoms with Crippen LogP contribution >= 0.6 is 0 Å². The largest absolute Gasteiger partial charge is 0.424 e. The van der Waals surface area contributed by atoms with E-state index >= 15 is 0 Å². The van der Waals surface area contributed by atoms with Crippen LogP contribution in [-0.4, -0.2) is 64.1 Å². The first-order chi connectivity index (χ1) is 15.8. The topological polar surface area (TPSA) is 86.5 Å². The van der Waals surface area contributed by atoms with E-state index in [0.29, 0.717) is 22.8 Å². The second-order valence-corrected chi connectivity index (χ2v) is 9.56. The van der Waals surface area contributed by atoms with E-state index in [4.69, 9.17) is 4.42 Å². The van der Waals surface area contributed by atoms with Gasteiger partial charge < -0.3 is 14.2 Å². The normalized spacial score (nSPS) is 28.3. The number of aromatic nitrogens is 4. The number of anilines is 1. The fourth-order valence-electron chi connectivity index (χ4n) is 5.78. The molecule has 172 valence electrons. The van der Waals surface area contributed by atoms with Crippen LogP contribution in [0.25, 0.3) is 5.52 Å². The van der Waals surface area contributed by atoms with Crippen molar-refractivity contribution in [3.8, 4) is 6.07 Å². The third-order valence-corrected chi connectivity index (χ3v) is 7.76. The predicted molar refractivity (Wildman–Crippen MR) is 111 cm³/mol. The van der Waals surface area contributed by atoms with Gasteiger partial charge in [0.05, 0.1) is 22.8 Å². The number of hydrogen-bond donors (Lipinski definition) is 0. The van der Waals surface area contributed by atoms with E-state index in [2.05, 4.69) is 26.3 Å². The van der Waals surface area contributed by atoms with E-state index in [1.807, 2.05) is 7.05 Å². The second-order valence-electron chi connectivity index (χ2n) is 9.56. The van der Waals surface area contributed by atoms with E-state index in [1.165, 1.54) is 10.7 Å². The number of rotatable bonds is 3. The lowest BCUT2D eigenvalue weighted by molar-refractivity contribution is -0.187. The van der Waals surface area contributed by atoms with Gasteiger partial charge in [-0.15, -0.1) is 10.2 Å². The molecule has 2 saturated heterocycles. The number of likely N-dealkylation sites (tertiary alicyclic amines) is 1. The molecule has 2 aliphatic heterocycles. The molecule has 1 saturated carbocycles. The molecule has 0 aromatic carbocycles. The fraction of sp³-hybridized carbons (Fsp3) is 0.545. The van der Waals surface area contributed by atoms with Crippen molar-refractivity contribution < 1.29 is 17.6 Å². The monoisotopic (exact) mass is 457 g/mol. The molecule has 3 fully saturated rings. The number of nitrogens with zero attached hydrogens (tertiary/aromatic N) is 7. The summed E-state index contributed by atoms with van der Waals surface area (Å²) in [5.74, 6) is 0.625. The molecule has 33 heavy (non-hydrogen) atoms. The molecule has 0 N–H and O–H groups in total. The summed E-state index contributed by atoms with van der Waals surface area (Å²) in [6.45, 7) is 1.71. The zero-order valence-electron chi connectivity index (χ0n) is 18.0. The molecule has 3 aliphatic rings. The Balaban J connectivity index is 1.36. The van der Waals surface area contributed by atoms with Crippen molar-refractivity contribution in [1.29, 1.82) is 5.26 Å². The van der Waals surface area contributed by atoms with Gasteiger partial charge in [0, 0.05) is 19.0 Å². The number of nitriles is 1. The highest BCUT2D eigenvalue weighted by atomic mass is 19.4. The summed E-state index contributed by atoms with van der Waals surface area (Å²) in [6, 6.07) is 7.04. The van der Waals surface area contributed by atoms with Crippen LogP contribution in [0.2, 0.25) is 0 Å². The summed E-state index contributed by atoms with van der Waals surface area (Å²) < 4.78 is 50.6. The van der Waals surface area contributed by atoms with Crippen LogP contribution in [-0.2, 0) is 5.41 Å². The first-order valence-corrected chi connectivity index (χ1v) is 11.0. The van der Waals surface area contributed by atoms with Crippen molar-refractivity contribution in [3.05, 3.63) is 41.9 Å². The molecular formula is C22H22F3N7O. The summed E-state index contributed by atoms with van der Waals surface area (Å²) in [6.07, 6.45) is -1.22. The quantitative estimate of drug-likeness (QED) is 0.597. The van der Waals surface area contributed by atoms with Crippen LogP contribution in [0.3, 0.4) is 0 Å². The Bertz CT molecular complexity index is 1270. The SMILES string of the molecule is CN1CCC(c2nnc([C@]34CN(c5ccc(C#N)n6nccc56)C[C@@]3(C(F)(F)F)C4)o2)CC1. The molecule has 11 heteroatoms. The summed E-state index contributed by atoms with van der Waals surface area (Å²) in [5.41, 5.74) is -1.66. The van der Waals surface area contributed by atoms with E-state index < -0.39 is 17.0 Å². The highest BCUT2D eigenvalue weighted by molar-refractivity contribution is 5.75. The Hall–Kier alpha value is -3.13. The molecule has 8 nitrogen and oxygen atoms in total. The molecule has 0 amide bonds. The molecule has 1 aliphatic carbocycles. The lowest BCUT2D eigenvalue weighted by atomic mass is 9.95. The second kappa shape index (κ2) is 6.70. The van der Waals surface area contributed by atoms with Crippen molar-refractivity contribution in [2.45, 2.75) is 36.8 Å². The van der Waals surface area contributed by atoms with Gasteiger partial charge in [-0.25, -0.2) is 4.52 Å². The Kier molecular flexibility index (Phi) is 4.15. The zero-order chi connectivity index (χ0) is 23.0. The third kappa shape index (κ3) is 2.76. The van der Waals surface area contributed by atoms with Crippen molar-refractivity contribution >= 4 is 11.2 Å². The molecule has 2 atom stereocenters. The zero-order valence-corrected chi connectivity index (χ0v) is 18.0. The predicted octanol–water partition coefficient (Wildman–Crippen LogP) is 3.11. The highest BCUT2D eigenvalue weighted by Gasteiger charge is 2.86. The molecule has 3 aromatic heterocycles. The van der Waals surface area contributed by atoms with E-state index in [-0.39, 0.29) is 31.3 Å². The first-order valence-electron chi connectivity index (χ1n) is 11.0. The van der Waals surface area contributed by atoms with Crippen LogP contribution in [0.15, 0.2) is 28.8 Å². The standard InChI is InChI=1S/C22H22F3N7O/c1-30-8-5-14(6-9-30)18-28-29-19(33-18)20-11-21(20,22(23,24)25)13-31(12-20)16-3-2-15(10-26)32-17(16)4-7-27-32/h2-4,7,14H,5-6,8-9,11-13H2,1H3/t20-,21-/m0/s1. The van der Waals surface area contributed by atoms with E-state index in [9.17, 15) is 18.4 Å². The van der Waals surface area contributed by atoms with Crippen LogP contribution in [0.5, 0.6) is 0 Å². The van der Waals surface area contributed by atoms with Gasteiger partial charge in [-0.05, 0) is 57.6 Å².